The minimum absolute atomic E-state index is 0.0126. The Morgan fingerprint density at radius 1 is 1.08 bits per heavy atom. The summed E-state index contributed by atoms with van der Waals surface area (Å²) >= 11 is 5.86. The molecule has 0 aliphatic heterocycles. The molecule has 2 rings (SSSR count). The highest BCUT2D eigenvalue weighted by molar-refractivity contribution is 7.92. The Morgan fingerprint density at radius 2 is 1.73 bits per heavy atom. The second-order valence-corrected chi connectivity index (χ2v) is 8.13. The number of sulfonamides is 1. The number of carbonyl (C=O) groups excluding carboxylic acids is 1. The highest BCUT2D eigenvalue weighted by atomic mass is 35.5. The van der Waals surface area contributed by atoms with Crippen LogP contribution in [0, 0.1) is 0 Å². The molecule has 0 saturated carbocycles. The number of hydrogen-bond acceptors (Lipinski definition) is 4. The van der Waals surface area contributed by atoms with Gasteiger partial charge in [-0.3, -0.25) is 9.52 Å². The molecule has 26 heavy (non-hydrogen) atoms. The van der Waals surface area contributed by atoms with E-state index in [1.54, 1.807) is 25.1 Å². The molecule has 0 spiro atoms. The summed E-state index contributed by atoms with van der Waals surface area (Å²) in [6, 6.07) is 12.3. The fourth-order valence-corrected chi connectivity index (χ4v) is 3.36. The maximum Gasteiger partial charge on any atom is 0.261 e. The van der Waals surface area contributed by atoms with Crippen LogP contribution in [0.2, 0.25) is 5.02 Å². The normalized spacial score (nSPS) is 12.5. The summed E-state index contributed by atoms with van der Waals surface area (Å²) in [4.78, 5) is 11.9. The van der Waals surface area contributed by atoms with E-state index in [2.05, 4.69) is 10.0 Å². The van der Waals surface area contributed by atoms with E-state index in [0.717, 1.165) is 0 Å². The first-order chi connectivity index (χ1) is 12.2. The minimum atomic E-state index is -3.75. The molecule has 0 radical (unpaired) electrons. The maximum atomic E-state index is 12.4. The van der Waals surface area contributed by atoms with Crippen molar-refractivity contribution in [1.82, 2.24) is 5.32 Å². The summed E-state index contributed by atoms with van der Waals surface area (Å²) in [7, 11) is -3.75. The lowest BCUT2D eigenvalue weighted by atomic mass is 10.3. The molecule has 6 nitrogen and oxygen atoms in total. The third-order valence-corrected chi connectivity index (χ3v) is 4.96. The summed E-state index contributed by atoms with van der Waals surface area (Å²) in [6.07, 6.45) is -0.690. The predicted octanol–water partition coefficient (Wildman–Crippen LogP) is 3.43. The number of nitrogens with one attached hydrogen (secondary N) is 2. The molecule has 8 heteroatoms. The van der Waals surface area contributed by atoms with E-state index in [1.807, 2.05) is 13.8 Å². The van der Waals surface area contributed by atoms with Gasteiger partial charge in [-0.05, 0) is 63.2 Å². The summed E-state index contributed by atoms with van der Waals surface area (Å²) < 4.78 is 32.8. The lowest BCUT2D eigenvalue weighted by molar-refractivity contribution is -0.127. The van der Waals surface area contributed by atoms with Gasteiger partial charge in [0.25, 0.3) is 15.9 Å². The first-order valence-electron chi connectivity index (χ1n) is 8.03. The van der Waals surface area contributed by atoms with E-state index in [9.17, 15) is 13.2 Å². The van der Waals surface area contributed by atoms with Crippen LogP contribution in [-0.2, 0) is 14.8 Å². The van der Waals surface area contributed by atoms with Crippen molar-refractivity contribution in [3.05, 3.63) is 53.6 Å². The molecule has 0 bridgehead atoms. The zero-order chi connectivity index (χ0) is 19.3. The Bertz CT molecular complexity index is 867. The molecule has 2 N–H and O–H groups in total. The Kier molecular flexibility index (Phi) is 6.50. The molecule has 1 atom stereocenters. The highest BCUT2D eigenvalue weighted by Gasteiger charge is 2.17. The van der Waals surface area contributed by atoms with Gasteiger partial charge >= 0.3 is 0 Å². The molecule has 2 aromatic rings. The van der Waals surface area contributed by atoms with Crippen molar-refractivity contribution in [2.45, 2.75) is 37.8 Å². The molecule has 0 aliphatic carbocycles. The smallest absolute Gasteiger partial charge is 0.261 e. The minimum Gasteiger partial charge on any atom is -0.481 e. The van der Waals surface area contributed by atoms with Gasteiger partial charge in [0.05, 0.1) is 10.6 Å². The van der Waals surface area contributed by atoms with Crippen LogP contribution in [-0.4, -0.2) is 26.5 Å². The standard InChI is InChI=1S/C18H21ClN2O4S/c1-12(2)20-18(22)13(3)25-16-7-9-17(10-8-16)26(23,24)21-15-6-4-5-14(19)11-15/h4-13,21H,1-3H3,(H,20,22)/t13-/m1/s1. The van der Waals surface area contributed by atoms with Crippen LogP contribution in [0.25, 0.3) is 0 Å². The quantitative estimate of drug-likeness (QED) is 0.750. The number of ether oxygens (including phenoxy) is 1. The van der Waals surface area contributed by atoms with E-state index in [0.29, 0.717) is 16.5 Å². The summed E-state index contributed by atoms with van der Waals surface area (Å²) in [5.41, 5.74) is 0.372. The molecular formula is C18H21ClN2O4S. The number of carbonyl (C=O) groups is 1. The van der Waals surface area contributed by atoms with Gasteiger partial charge in [0.2, 0.25) is 0 Å². The van der Waals surface area contributed by atoms with E-state index in [4.69, 9.17) is 16.3 Å². The Hall–Kier alpha value is -2.25. The van der Waals surface area contributed by atoms with Crippen molar-refractivity contribution < 1.29 is 17.9 Å². The lowest BCUT2D eigenvalue weighted by Crippen LogP contribution is -2.40. The molecular weight excluding hydrogens is 376 g/mol. The average molecular weight is 397 g/mol. The highest BCUT2D eigenvalue weighted by Crippen LogP contribution is 2.21. The first-order valence-corrected chi connectivity index (χ1v) is 9.89. The van der Waals surface area contributed by atoms with E-state index in [-0.39, 0.29) is 16.8 Å². The molecule has 0 fully saturated rings. The van der Waals surface area contributed by atoms with Crippen LogP contribution in [0.5, 0.6) is 5.75 Å². The van der Waals surface area contributed by atoms with Crippen molar-refractivity contribution in [2.75, 3.05) is 4.72 Å². The van der Waals surface area contributed by atoms with Crippen molar-refractivity contribution >= 4 is 33.2 Å². The Labute approximate surface area is 158 Å². The van der Waals surface area contributed by atoms with Gasteiger partial charge in [-0.15, -0.1) is 0 Å². The number of anilines is 1. The SMILES string of the molecule is CC(C)NC(=O)[C@@H](C)Oc1ccc(S(=O)(=O)Nc2cccc(Cl)c2)cc1. The third kappa shape index (κ3) is 5.64. The Balaban J connectivity index is 2.07. The number of hydrogen-bond donors (Lipinski definition) is 2. The first kappa shape index (κ1) is 20.1. The van der Waals surface area contributed by atoms with Crippen molar-refractivity contribution in [3.63, 3.8) is 0 Å². The monoisotopic (exact) mass is 396 g/mol. The maximum absolute atomic E-state index is 12.4. The van der Waals surface area contributed by atoms with E-state index in [1.165, 1.54) is 30.3 Å². The van der Waals surface area contributed by atoms with Crippen LogP contribution in [0.1, 0.15) is 20.8 Å². The fraction of sp³-hybridized carbons (Fsp3) is 0.278. The van der Waals surface area contributed by atoms with Crippen molar-refractivity contribution in [2.24, 2.45) is 0 Å². The second-order valence-electron chi connectivity index (χ2n) is 6.01. The number of halogens is 1. The van der Waals surface area contributed by atoms with Gasteiger partial charge in [-0.25, -0.2) is 8.42 Å². The van der Waals surface area contributed by atoms with Crippen LogP contribution in [0.3, 0.4) is 0 Å². The third-order valence-electron chi connectivity index (χ3n) is 3.32. The van der Waals surface area contributed by atoms with E-state index < -0.39 is 16.1 Å². The Morgan fingerprint density at radius 3 is 2.31 bits per heavy atom. The van der Waals surface area contributed by atoms with Crippen LogP contribution in [0.15, 0.2) is 53.4 Å². The number of rotatable bonds is 7. The van der Waals surface area contributed by atoms with Crippen LogP contribution in [0.4, 0.5) is 5.69 Å². The molecule has 140 valence electrons. The number of benzene rings is 2. The molecule has 1 amide bonds. The van der Waals surface area contributed by atoms with Crippen molar-refractivity contribution in [1.29, 1.82) is 0 Å². The average Bonchev–Trinajstić information content (AvgIpc) is 2.54. The van der Waals surface area contributed by atoms with Gasteiger partial charge in [-0.1, -0.05) is 17.7 Å². The van der Waals surface area contributed by atoms with E-state index >= 15 is 0 Å². The predicted molar refractivity (Wildman–Crippen MR) is 102 cm³/mol. The molecule has 0 aliphatic rings. The molecule has 0 saturated heterocycles. The van der Waals surface area contributed by atoms with Crippen LogP contribution >= 0.6 is 11.6 Å². The molecule has 0 heterocycles. The van der Waals surface area contributed by atoms with Gasteiger partial charge in [0.1, 0.15) is 5.75 Å². The van der Waals surface area contributed by atoms with Gasteiger partial charge in [0.15, 0.2) is 6.10 Å². The lowest BCUT2D eigenvalue weighted by Gasteiger charge is -2.16. The summed E-state index contributed by atoms with van der Waals surface area (Å²) in [5.74, 6) is 0.164. The molecule has 2 aromatic carbocycles. The topological polar surface area (TPSA) is 84.5 Å². The molecule has 0 unspecified atom stereocenters. The number of amides is 1. The zero-order valence-electron chi connectivity index (χ0n) is 14.7. The zero-order valence-corrected chi connectivity index (χ0v) is 16.3. The van der Waals surface area contributed by atoms with Crippen LogP contribution < -0.4 is 14.8 Å². The fourth-order valence-electron chi connectivity index (χ4n) is 2.12. The van der Waals surface area contributed by atoms with Crippen molar-refractivity contribution in [3.8, 4) is 5.75 Å². The van der Waals surface area contributed by atoms with Gasteiger partial charge in [0, 0.05) is 11.1 Å². The largest absolute Gasteiger partial charge is 0.481 e. The van der Waals surface area contributed by atoms with Gasteiger partial charge < -0.3 is 10.1 Å². The summed E-state index contributed by atoms with van der Waals surface area (Å²) in [6.45, 7) is 5.34. The molecule has 0 aromatic heterocycles. The second kappa shape index (κ2) is 8.42. The summed E-state index contributed by atoms with van der Waals surface area (Å²) in [5, 5.41) is 3.18. The van der Waals surface area contributed by atoms with Gasteiger partial charge in [-0.2, -0.15) is 0 Å².